The fourth-order valence-corrected chi connectivity index (χ4v) is 3.24. The second-order valence-electron chi connectivity index (χ2n) is 7.50. The van der Waals surface area contributed by atoms with Crippen LogP contribution in [0.2, 0.25) is 0 Å². The Balaban J connectivity index is 1.80. The van der Waals surface area contributed by atoms with E-state index in [0.29, 0.717) is 11.8 Å². The van der Waals surface area contributed by atoms with Crippen molar-refractivity contribution in [2.75, 3.05) is 13.2 Å². The van der Waals surface area contributed by atoms with Gasteiger partial charge in [0.15, 0.2) is 0 Å². The van der Waals surface area contributed by atoms with Crippen molar-refractivity contribution in [3.05, 3.63) is 35.4 Å². The molecule has 2 unspecified atom stereocenters. The summed E-state index contributed by atoms with van der Waals surface area (Å²) < 4.78 is 5.96. The molecule has 0 saturated heterocycles. The molecule has 0 aromatic heterocycles. The number of rotatable bonds is 5. The highest BCUT2D eigenvalue weighted by atomic mass is 16.5. The molecule has 1 aromatic carbocycles. The van der Waals surface area contributed by atoms with Crippen LogP contribution in [0.25, 0.3) is 0 Å². The Morgan fingerprint density at radius 2 is 1.67 bits per heavy atom. The molecular formula is C19H31NO. The van der Waals surface area contributed by atoms with E-state index < -0.39 is 0 Å². The molecule has 1 fully saturated rings. The highest BCUT2D eigenvalue weighted by Crippen LogP contribution is 2.29. The average Bonchev–Trinajstić information content (AvgIpc) is 2.47. The lowest BCUT2D eigenvalue weighted by Gasteiger charge is -2.30. The first kappa shape index (κ1) is 16.5. The van der Waals surface area contributed by atoms with Crippen LogP contribution in [-0.2, 0) is 16.8 Å². The lowest BCUT2D eigenvalue weighted by molar-refractivity contribution is 0.0512. The summed E-state index contributed by atoms with van der Waals surface area (Å²) >= 11 is 0. The zero-order valence-corrected chi connectivity index (χ0v) is 13.9. The van der Waals surface area contributed by atoms with E-state index in [1.54, 1.807) is 0 Å². The lowest BCUT2D eigenvalue weighted by atomic mass is 9.80. The summed E-state index contributed by atoms with van der Waals surface area (Å²) in [6, 6.07) is 8.84. The van der Waals surface area contributed by atoms with Crippen molar-refractivity contribution >= 4 is 0 Å². The molecule has 2 heteroatoms. The molecule has 1 saturated carbocycles. The smallest absolute Gasteiger partial charge is 0.0717 e. The van der Waals surface area contributed by atoms with E-state index >= 15 is 0 Å². The summed E-state index contributed by atoms with van der Waals surface area (Å²) in [6.45, 7) is 9.13. The molecule has 0 radical (unpaired) electrons. The van der Waals surface area contributed by atoms with Gasteiger partial charge in [0.1, 0.15) is 0 Å². The van der Waals surface area contributed by atoms with Crippen molar-refractivity contribution in [3.63, 3.8) is 0 Å². The SMILES string of the molecule is CC(C)(C)c1ccc(COCC2CCCCC2CN)cc1. The predicted molar refractivity (Wildman–Crippen MR) is 89.3 cm³/mol. The van der Waals surface area contributed by atoms with Crippen LogP contribution in [0, 0.1) is 11.8 Å². The van der Waals surface area contributed by atoms with E-state index in [4.69, 9.17) is 10.5 Å². The van der Waals surface area contributed by atoms with Crippen LogP contribution < -0.4 is 5.73 Å². The van der Waals surface area contributed by atoms with Gasteiger partial charge in [0.05, 0.1) is 13.2 Å². The van der Waals surface area contributed by atoms with Crippen LogP contribution in [0.3, 0.4) is 0 Å². The molecule has 1 aromatic rings. The second kappa shape index (κ2) is 7.42. The highest BCUT2D eigenvalue weighted by molar-refractivity contribution is 5.27. The summed E-state index contributed by atoms with van der Waals surface area (Å²) in [6.07, 6.45) is 5.24. The number of ether oxygens (including phenoxy) is 1. The average molecular weight is 289 g/mol. The van der Waals surface area contributed by atoms with Gasteiger partial charge in [0.2, 0.25) is 0 Å². The minimum absolute atomic E-state index is 0.218. The molecule has 0 aliphatic heterocycles. The van der Waals surface area contributed by atoms with Gasteiger partial charge in [-0.1, -0.05) is 57.9 Å². The van der Waals surface area contributed by atoms with Crippen molar-refractivity contribution in [2.45, 2.75) is 58.5 Å². The van der Waals surface area contributed by atoms with Gasteiger partial charge in [-0.3, -0.25) is 0 Å². The summed E-state index contributed by atoms with van der Waals surface area (Å²) in [4.78, 5) is 0. The van der Waals surface area contributed by atoms with Crippen LogP contribution in [-0.4, -0.2) is 13.2 Å². The standard InChI is InChI=1S/C19H31NO/c1-19(2,3)18-10-8-15(9-11-18)13-21-14-17-7-5-4-6-16(17)12-20/h8-11,16-17H,4-7,12-14,20H2,1-3H3. The van der Waals surface area contributed by atoms with Crippen molar-refractivity contribution in [1.29, 1.82) is 0 Å². The molecule has 0 amide bonds. The largest absolute Gasteiger partial charge is 0.376 e. The maximum Gasteiger partial charge on any atom is 0.0717 e. The van der Waals surface area contributed by atoms with Crippen LogP contribution >= 0.6 is 0 Å². The van der Waals surface area contributed by atoms with Gasteiger partial charge < -0.3 is 10.5 Å². The molecular weight excluding hydrogens is 258 g/mol. The van der Waals surface area contributed by atoms with E-state index in [0.717, 1.165) is 19.8 Å². The van der Waals surface area contributed by atoms with Crippen LogP contribution in [0.4, 0.5) is 0 Å². The molecule has 21 heavy (non-hydrogen) atoms. The van der Waals surface area contributed by atoms with Crippen molar-refractivity contribution in [2.24, 2.45) is 17.6 Å². The summed E-state index contributed by atoms with van der Waals surface area (Å²) in [5, 5.41) is 0. The number of hydrogen-bond acceptors (Lipinski definition) is 2. The quantitative estimate of drug-likeness (QED) is 0.878. The molecule has 2 rings (SSSR count). The number of benzene rings is 1. The molecule has 2 N–H and O–H groups in total. The van der Waals surface area contributed by atoms with Gasteiger partial charge in [0.25, 0.3) is 0 Å². The zero-order chi connectivity index (χ0) is 15.3. The minimum atomic E-state index is 0.218. The zero-order valence-electron chi connectivity index (χ0n) is 13.9. The Bertz CT molecular complexity index is 418. The lowest BCUT2D eigenvalue weighted by Crippen LogP contribution is -2.29. The molecule has 0 heterocycles. The van der Waals surface area contributed by atoms with Gasteiger partial charge in [-0.05, 0) is 47.8 Å². The first-order valence-corrected chi connectivity index (χ1v) is 8.38. The van der Waals surface area contributed by atoms with Gasteiger partial charge in [-0.2, -0.15) is 0 Å². The predicted octanol–water partition coefficient (Wildman–Crippen LogP) is 4.27. The molecule has 0 bridgehead atoms. The maximum atomic E-state index is 5.96. The van der Waals surface area contributed by atoms with Crippen molar-refractivity contribution in [3.8, 4) is 0 Å². The minimum Gasteiger partial charge on any atom is -0.376 e. The fraction of sp³-hybridized carbons (Fsp3) is 0.684. The van der Waals surface area contributed by atoms with E-state index in [9.17, 15) is 0 Å². The van der Waals surface area contributed by atoms with E-state index in [1.807, 2.05) is 0 Å². The highest BCUT2D eigenvalue weighted by Gasteiger charge is 2.23. The van der Waals surface area contributed by atoms with Crippen LogP contribution in [0.1, 0.15) is 57.6 Å². The third-order valence-electron chi connectivity index (χ3n) is 4.79. The van der Waals surface area contributed by atoms with Crippen molar-refractivity contribution in [1.82, 2.24) is 0 Å². The first-order valence-electron chi connectivity index (χ1n) is 8.38. The Morgan fingerprint density at radius 3 is 2.24 bits per heavy atom. The fourth-order valence-electron chi connectivity index (χ4n) is 3.24. The normalized spacial score (nSPS) is 23.2. The van der Waals surface area contributed by atoms with Crippen molar-refractivity contribution < 1.29 is 4.74 Å². The van der Waals surface area contributed by atoms with Crippen LogP contribution in [0.15, 0.2) is 24.3 Å². The molecule has 1 aliphatic carbocycles. The van der Waals surface area contributed by atoms with Gasteiger partial charge >= 0.3 is 0 Å². The Labute approximate surface area is 130 Å². The summed E-state index contributed by atoms with van der Waals surface area (Å²) in [5.74, 6) is 1.33. The number of hydrogen-bond donors (Lipinski definition) is 1. The van der Waals surface area contributed by atoms with Crippen LogP contribution in [0.5, 0.6) is 0 Å². The second-order valence-corrected chi connectivity index (χ2v) is 7.50. The third kappa shape index (κ3) is 4.82. The monoisotopic (exact) mass is 289 g/mol. The van der Waals surface area contributed by atoms with Gasteiger partial charge in [0, 0.05) is 0 Å². The summed E-state index contributed by atoms with van der Waals surface area (Å²) in [5.41, 5.74) is 8.74. The summed E-state index contributed by atoms with van der Waals surface area (Å²) in [7, 11) is 0. The topological polar surface area (TPSA) is 35.2 Å². The molecule has 118 valence electrons. The Morgan fingerprint density at radius 1 is 1.05 bits per heavy atom. The first-order chi connectivity index (χ1) is 10.0. The molecule has 1 aliphatic rings. The van der Waals surface area contributed by atoms with Gasteiger partial charge in [-0.25, -0.2) is 0 Å². The Hall–Kier alpha value is -0.860. The Kier molecular flexibility index (Phi) is 5.83. The molecule has 2 nitrogen and oxygen atoms in total. The molecule has 2 atom stereocenters. The third-order valence-corrected chi connectivity index (χ3v) is 4.79. The maximum absolute atomic E-state index is 5.96. The van der Waals surface area contributed by atoms with E-state index in [2.05, 4.69) is 45.0 Å². The molecule has 0 spiro atoms. The van der Waals surface area contributed by atoms with Gasteiger partial charge in [-0.15, -0.1) is 0 Å². The number of nitrogens with two attached hydrogens (primary N) is 1. The van der Waals surface area contributed by atoms with E-state index in [-0.39, 0.29) is 5.41 Å². The van der Waals surface area contributed by atoms with E-state index in [1.165, 1.54) is 36.8 Å².